The molecule has 3 aromatic rings. The van der Waals surface area contributed by atoms with Crippen molar-refractivity contribution in [3.05, 3.63) is 65.1 Å². The highest BCUT2D eigenvalue weighted by atomic mass is 35.5. The molecule has 0 atom stereocenters. The van der Waals surface area contributed by atoms with Gasteiger partial charge in [0.15, 0.2) is 0 Å². The van der Waals surface area contributed by atoms with Crippen LogP contribution < -0.4 is 0 Å². The first kappa shape index (κ1) is 13.6. The Hall–Kier alpha value is -2.33. The SMILES string of the molecule is C/C(=N\O)c1cc2c(Cl)cccc2n1-c1cccc(F)c1. The quantitative estimate of drug-likeness (QED) is 0.418. The van der Waals surface area contributed by atoms with Gasteiger partial charge in [-0.2, -0.15) is 0 Å². The Morgan fingerprint density at radius 2 is 1.95 bits per heavy atom. The van der Waals surface area contributed by atoms with Crippen molar-refractivity contribution in [2.75, 3.05) is 0 Å². The van der Waals surface area contributed by atoms with Crippen molar-refractivity contribution in [1.82, 2.24) is 4.57 Å². The van der Waals surface area contributed by atoms with Crippen molar-refractivity contribution in [3.8, 4) is 5.69 Å². The number of fused-ring (bicyclic) bond motifs is 1. The van der Waals surface area contributed by atoms with Gasteiger partial charge in [0.2, 0.25) is 0 Å². The summed E-state index contributed by atoms with van der Waals surface area (Å²) in [5.74, 6) is -0.332. The number of aromatic nitrogens is 1. The van der Waals surface area contributed by atoms with Gasteiger partial charge in [0.1, 0.15) is 11.5 Å². The number of hydrogen-bond acceptors (Lipinski definition) is 2. The van der Waals surface area contributed by atoms with Crippen molar-refractivity contribution < 1.29 is 9.60 Å². The summed E-state index contributed by atoms with van der Waals surface area (Å²) in [6, 6.07) is 13.6. The van der Waals surface area contributed by atoms with Crippen LogP contribution in [0.3, 0.4) is 0 Å². The normalized spacial score (nSPS) is 12.0. The Morgan fingerprint density at radius 1 is 1.19 bits per heavy atom. The van der Waals surface area contributed by atoms with E-state index in [1.807, 2.05) is 22.8 Å². The zero-order valence-electron chi connectivity index (χ0n) is 11.2. The minimum Gasteiger partial charge on any atom is -0.411 e. The van der Waals surface area contributed by atoms with E-state index in [1.165, 1.54) is 12.1 Å². The number of hydrogen-bond donors (Lipinski definition) is 1. The molecule has 1 heterocycles. The van der Waals surface area contributed by atoms with E-state index >= 15 is 0 Å². The first-order valence-corrected chi connectivity index (χ1v) is 6.74. The highest BCUT2D eigenvalue weighted by Gasteiger charge is 2.15. The highest BCUT2D eigenvalue weighted by Crippen LogP contribution is 2.30. The van der Waals surface area contributed by atoms with E-state index in [9.17, 15) is 4.39 Å². The minimum atomic E-state index is -0.332. The van der Waals surface area contributed by atoms with Crippen molar-refractivity contribution in [3.63, 3.8) is 0 Å². The molecule has 2 aromatic carbocycles. The third kappa shape index (κ3) is 2.28. The number of halogens is 2. The summed E-state index contributed by atoms with van der Waals surface area (Å²) in [5, 5.41) is 13.7. The van der Waals surface area contributed by atoms with Crippen molar-refractivity contribution >= 4 is 28.2 Å². The molecule has 0 aliphatic heterocycles. The van der Waals surface area contributed by atoms with E-state index in [-0.39, 0.29) is 5.82 Å². The first-order valence-electron chi connectivity index (χ1n) is 6.37. The molecule has 0 amide bonds. The number of oxime groups is 1. The largest absolute Gasteiger partial charge is 0.411 e. The Labute approximate surface area is 125 Å². The summed E-state index contributed by atoms with van der Waals surface area (Å²) >= 11 is 6.22. The molecule has 0 saturated heterocycles. The van der Waals surface area contributed by atoms with Gasteiger partial charge in [-0.05, 0) is 43.3 Å². The van der Waals surface area contributed by atoms with Gasteiger partial charge in [-0.15, -0.1) is 0 Å². The van der Waals surface area contributed by atoms with Crippen LogP contribution in [0.1, 0.15) is 12.6 Å². The lowest BCUT2D eigenvalue weighted by Crippen LogP contribution is -2.05. The molecule has 0 bridgehead atoms. The van der Waals surface area contributed by atoms with E-state index in [0.717, 1.165) is 10.9 Å². The lowest BCUT2D eigenvalue weighted by Gasteiger charge is -2.10. The molecule has 3 nitrogen and oxygen atoms in total. The summed E-state index contributed by atoms with van der Waals surface area (Å²) in [5.41, 5.74) is 2.55. The van der Waals surface area contributed by atoms with E-state index in [0.29, 0.717) is 22.1 Å². The summed E-state index contributed by atoms with van der Waals surface area (Å²) in [7, 11) is 0. The minimum absolute atomic E-state index is 0.332. The van der Waals surface area contributed by atoms with Crippen molar-refractivity contribution in [2.45, 2.75) is 6.92 Å². The lowest BCUT2D eigenvalue weighted by atomic mass is 10.2. The van der Waals surface area contributed by atoms with Crippen molar-refractivity contribution in [1.29, 1.82) is 0 Å². The van der Waals surface area contributed by atoms with Gasteiger partial charge in [-0.3, -0.25) is 0 Å². The third-order valence-corrected chi connectivity index (χ3v) is 3.71. The van der Waals surface area contributed by atoms with Crippen LogP contribution in [0.25, 0.3) is 16.6 Å². The van der Waals surface area contributed by atoms with E-state index in [1.54, 1.807) is 25.1 Å². The molecule has 5 heteroatoms. The maximum atomic E-state index is 13.5. The van der Waals surface area contributed by atoms with Crippen LogP contribution in [-0.4, -0.2) is 15.5 Å². The van der Waals surface area contributed by atoms with Gasteiger partial charge in [0.25, 0.3) is 0 Å². The highest BCUT2D eigenvalue weighted by molar-refractivity contribution is 6.35. The smallest absolute Gasteiger partial charge is 0.125 e. The van der Waals surface area contributed by atoms with E-state index < -0.39 is 0 Å². The van der Waals surface area contributed by atoms with Crippen LogP contribution in [0.15, 0.2) is 53.7 Å². The van der Waals surface area contributed by atoms with Crippen LogP contribution in [0, 0.1) is 5.82 Å². The number of benzene rings is 2. The topological polar surface area (TPSA) is 37.5 Å². The van der Waals surface area contributed by atoms with Gasteiger partial charge in [-0.25, -0.2) is 4.39 Å². The zero-order chi connectivity index (χ0) is 15.0. The molecule has 0 aliphatic rings. The second-order valence-electron chi connectivity index (χ2n) is 4.70. The number of rotatable bonds is 2. The van der Waals surface area contributed by atoms with E-state index in [2.05, 4.69) is 5.16 Å². The summed E-state index contributed by atoms with van der Waals surface area (Å²) in [6.07, 6.45) is 0. The Balaban J connectivity index is 2.41. The van der Waals surface area contributed by atoms with Gasteiger partial charge in [-0.1, -0.05) is 28.9 Å². The van der Waals surface area contributed by atoms with Crippen molar-refractivity contribution in [2.24, 2.45) is 5.16 Å². The predicted molar refractivity (Wildman–Crippen MR) is 82.2 cm³/mol. The number of nitrogens with zero attached hydrogens (tertiary/aromatic N) is 2. The van der Waals surface area contributed by atoms with Crippen LogP contribution in [-0.2, 0) is 0 Å². The molecule has 106 valence electrons. The van der Waals surface area contributed by atoms with Crippen LogP contribution in [0.4, 0.5) is 4.39 Å². The molecule has 0 aliphatic carbocycles. The second kappa shape index (κ2) is 5.22. The third-order valence-electron chi connectivity index (χ3n) is 3.38. The molecular formula is C16H12ClFN2O. The molecule has 0 radical (unpaired) electrons. The molecule has 0 fully saturated rings. The average molecular weight is 303 g/mol. The first-order chi connectivity index (χ1) is 10.1. The Kier molecular flexibility index (Phi) is 3.39. The monoisotopic (exact) mass is 302 g/mol. The molecule has 21 heavy (non-hydrogen) atoms. The fraction of sp³-hybridized carbons (Fsp3) is 0.0625. The molecule has 1 aromatic heterocycles. The summed E-state index contributed by atoms with van der Waals surface area (Å²) in [6.45, 7) is 1.68. The lowest BCUT2D eigenvalue weighted by molar-refractivity contribution is 0.319. The van der Waals surface area contributed by atoms with Gasteiger partial charge >= 0.3 is 0 Å². The summed E-state index contributed by atoms with van der Waals surface area (Å²) < 4.78 is 15.4. The molecule has 1 N–H and O–H groups in total. The Bertz CT molecular complexity index is 855. The standard InChI is InChI=1S/C16H12ClFN2O/c1-10(19-21)16-9-13-14(17)6-3-7-15(13)20(16)12-5-2-4-11(18)8-12/h2-9,21H,1H3/b19-10+. The maximum absolute atomic E-state index is 13.5. The van der Waals surface area contributed by atoms with Crippen LogP contribution in [0.5, 0.6) is 0 Å². The maximum Gasteiger partial charge on any atom is 0.125 e. The molecule has 0 unspecified atom stereocenters. The van der Waals surface area contributed by atoms with Crippen LogP contribution >= 0.6 is 11.6 Å². The fourth-order valence-corrected chi connectivity index (χ4v) is 2.63. The zero-order valence-corrected chi connectivity index (χ0v) is 12.0. The van der Waals surface area contributed by atoms with E-state index in [4.69, 9.17) is 16.8 Å². The van der Waals surface area contributed by atoms with Crippen LogP contribution in [0.2, 0.25) is 5.02 Å². The van der Waals surface area contributed by atoms with Gasteiger partial charge < -0.3 is 9.77 Å². The molecular weight excluding hydrogens is 291 g/mol. The molecule has 0 spiro atoms. The van der Waals surface area contributed by atoms with Gasteiger partial charge in [0, 0.05) is 16.1 Å². The van der Waals surface area contributed by atoms with Gasteiger partial charge in [0.05, 0.1) is 11.2 Å². The fourth-order valence-electron chi connectivity index (χ4n) is 2.41. The average Bonchev–Trinajstić information content (AvgIpc) is 2.87. The Morgan fingerprint density at radius 3 is 2.67 bits per heavy atom. The molecule has 0 saturated carbocycles. The second-order valence-corrected chi connectivity index (χ2v) is 5.11. The predicted octanol–water partition coefficient (Wildman–Crippen LogP) is 4.62. The summed E-state index contributed by atoms with van der Waals surface area (Å²) in [4.78, 5) is 0. The molecule has 3 rings (SSSR count).